The van der Waals surface area contributed by atoms with E-state index >= 15 is 0 Å². The highest BCUT2D eigenvalue weighted by molar-refractivity contribution is 6.31. The van der Waals surface area contributed by atoms with Gasteiger partial charge < -0.3 is 9.72 Å². The molecule has 0 aliphatic heterocycles. The first kappa shape index (κ1) is 15.1. The number of fused-ring (bicyclic) bond motifs is 1. The molecule has 0 radical (unpaired) electrons. The zero-order valence-electron chi connectivity index (χ0n) is 12.8. The topological polar surface area (TPSA) is 46.4 Å². The highest BCUT2D eigenvalue weighted by Crippen LogP contribution is 2.28. The molecule has 0 atom stereocenters. The van der Waals surface area contributed by atoms with E-state index in [9.17, 15) is 9.18 Å². The van der Waals surface area contributed by atoms with Gasteiger partial charge in [-0.25, -0.2) is 9.37 Å². The average molecular weight is 344 g/mol. The summed E-state index contributed by atoms with van der Waals surface area (Å²) in [7, 11) is 0. The van der Waals surface area contributed by atoms with Gasteiger partial charge in [0.05, 0.1) is 5.02 Å². The first-order valence-electron chi connectivity index (χ1n) is 7.82. The fraction of sp³-hybridized carbons (Fsp3) is 0.222. The third-order valence-corrected chi connectivity index (χ3v) is 4.47. The molecular formula is C18H15ClFN3O. The van der Waals surface area contributed by atoms with Crippen LogP contribution in [0.5, 0.6) is 0 Å². The Labute approximate surface area is 143 Å². The molecule has 0 unspecified atom stereocenters. The predicted molar refractivity (Wildman–Crippen MR) is 90.7 cm³/mol. The van der Waals surface area contributed by atoms with Crippen LogP contribution in [0.2, 0.25) is 5.02 Å². The number of nitrogens with zero attached hydrogens (tertiary/aromatic N) is 2. The summed E-state index contributed by atoms with van der Waals surface area (Å²) in [6.45, 7) is 0.714. The molecule has 1 aliphatic rings. The van der Waals surface area contributed by atoms with Crippen molar-refractivity contribution in [2.75, 3.05) is 6.54 Å². The lowest BCUT2D eigenvalue weighted by Crippen LogP contribution is -2.25. The van der Waals surface area contributed by atoms with Crippen LogP contribution >= 0.6 is 11.6 Å². The van der Waals surface area contributed by atoms with Gasteiger partial charge in [0.15, 0.2) is 0 Å². The number of rotatable bonds is 4. The van der Waals surface area contributed by atoms with Gasteiger partial charge in [-0.1, -0.05) is 17.7 Å². The summed E-state index contributed by atoms with van der Waals surface area (Å²) < 4.78 is 15.1. The maximum Gasteiger partial charge on any atom is 0.271 e. The molecule has 122 valence electrons. The van der Waals surface area contributed by atoms with Crippen LogP contribution in [-0.4, -0.2) is 21.8 Å². The first-order valence-corrected chi connectivity index (χ1v) is 8.20. The third kappa shape index (κ3) is 2.99. The molecule has 3 aromatic rings. The Hall–Kier alpha value is -2.40. The minimum atomic E-state index is -0.446. The fourth-order valence-corrected chi connectivity index (χ4v) is 2.78. The molecule has 4 rings (SSSR count). The van der Waals surface area contributed by atoms with Crippen LogP contribution in [0, 0.1) is 11.7 Å². The second-order valence-corrected chi connectivity index (χ2v) is 6.50. The van der Waals surface area contributed by atoms with Crippen molar-refractivity contribution in [2.45, 2.75) is 12.8 Å². The molecule has 1 aliphatic carbocycles. The number of nitrogens with one attached hydrogen (secondary N) is 1. The maximum absolute atomic E-state index is 13.3. The first-order chi connectivity index (χ1) is 11.6. The van der Waals surface area contributed by atoms with Crippen LogP contribution < -0.4 is 5.32 Å². The number of carbonyl (C=O) groups excluding carboxylic acids is 1. The van der Waals surface area contributed by atoms with E-state index in [0.29, 0.717) is 23.8 Å². The smallest absolute Gasteiger partial charge is 0.271 e. The minimum Gasteiger partial charge on any atom is -0.350 e. The lowest BCUT2D eigenvalue weighted by Gasteiger charge is -2.04. The SMILES string of the molecule is O=C(NCC1CC1)c1cn2cc(-c3ccc(F)c(Cl)c3)ccc2n1. The van der Waals surface area contributed by atoms with Gasteiger partial charge in [-0.3, -0.25) is 4.79 Å². The van der Waals surface area contributed by atoms with E-state index < -0.39 is 5.82 Å². The molecule has 1 saturated carbocycles. The van der Waals surface area contributed by atoms with Crippen molar-refractivity contribution < 1.29 is 9.18 Å². The van der Waals surface area contributed by atoms with Crippen LogP contribution in [0.4, 0.5) is 4.39 Å². The molecule has 1 aromatic carbocycles. The molecule has 1 amide bonds. The highest BCUT2D eigenvalue weighted by atomic mass is 35.5. The van der Waals surface area contributed by atoms with Crippen LogP contribution in [0.3, 0.4) is 0 Å². The zero-order chi connectivity index (χ0) is 16.7. The van der Waals surface area contributed by atoms with Gasteiger partial charge in [0.2, 0.25) is 0 Å². The van der Waals surface area contributed by atoms with Gasteiger partial charge in [-0.2, -0.15) is 0 Å². The summed E-state index contributed by atoms with van der Waals surface area (Å²) >= 11 is 5.85. The van der Waals surface area contributed by atoms with E-state index in [1.165, 1.54) is 18.9 Å². The number of hydrogen-bond donors (Lipinski definition) is 1. The van der Waals surface area contributed by atoms with Crippen LogP contribution in [0.15, 0.2) is 42.7 Å². The number of imidazole rings is 1. The molecule has 2 aromatic heterocycles. The molecule has 0 spiro atoms. The molecule has 6 heteroatoms. The van der Waals surface area contributed by atoms with E-state index in [4.69, 9.17) is 11.6 Å². The van der Waals surface area contributed by atoms with Gasteiger partial charge in [0.1, 0.15) is 17.2 Å². The number of carbonyl (C=O) groups is 1. The molecule has 2 heterocycles. The van der Waals surface area contributed by atoms with Crippen molar-refractivity contribution in [3.63, 3.8) is 0 Å². The highest BCUT2D eigenvalue weighted by Gasteiger charge is 2.22. The van der Waals surface area contributed by atoms with Gasteiger partial charge in [0, 0.05) is 18.9 Å². The molecule has 4 nitrogen and oxygen atoms in total. The predicted octanol–water partition coefficient (Wildman–Crippen LogP) is 3.93. The minimum absolute atomic E-state index is 0.0818. The summed E-state index contributed by atoms with van der Waals surface area (Å²) in [5, 5.41) is 2.99. The normalized spacial score (nSPS) is 14.1. The molecule has 1 N–H and O–H groups in total. The van der Waals surface area contributed by atoms with Crippen LogP contribution in [0.1, 0.15) is 23.3 Å². The maximum atomic E-state index is 13.3. The Kier molecular flexibility index (Phi) is 3.73. The van der Waals surface area contributed by atoms with Crippen molar-refractivity contribution in [1.29, 1.82) is 0 Å². The van der Waals surface area contributed by atoms with Crippen LogP contribution in [-0.2, 0) is 0 Å². The number of amides is 1. The number of aromatic nitrogens is 2. The Morgan fingerprint density at radius 1 is 1.25 bits per heavy atom. The lowest BCUT2D eigenvalue weighted by atomic mass is 10.1. The van der Waals surface area contributed by atoms with Gasteiger partial charge in [-0.05, 0) is 54.2 Å². The summed E-state index contributed by atoms with van der Waals surface area (Å²) in [5.41, 5.74) is 2.75. The number of hydrogen-bond acceptors (Lipinski definition) is 2. The second-order valence-electron chi connectivity index (χ2n) is 6.09. The number of benzene rings is 1. The molecular weight excluding hydrogens is 329 g/mol. The molecule has 24 heavy (non-hydrogen) atoms. The molecule has 0 saturated heterocycles. The van der Waals surface area contributed by atoms with Crippen molar-refractivity contribution in [2.24, 2.45) is 5.92 Å². The largest absolute Gasteiger partial charge is 0.350 e. The van der Waals surface area contributed by atoms with Gasteiger partial charge in [0.25, 0.3) is 5.91 Å². The summed E-state index contributed by atoms with van der Waals surface area (Å²) in [6.07, 6.45) is 5.93. The third-order valence-electron chi connectivity index (χ3n) is 4.18. The zero-order valence-corrected chi connectivity index (χ0v) is 13.6. The van der Waals surface area contributed by atoms with Gasteiger partial charge in [-0.15, -0.1) is 0 Å². The van der Waals surface area contributed by atoms with Crippen molar-refractivity contribution >= 4 is 23.2 Å². The van der Waals surface area contributed by atoms with E-state index in [2.05, 4.69) is 10.3 Å². The Bertz CT molecular complexity index is 933. The van der Waals surface area contributed by atoms with Crippen molar-refractivity contribution in [1.82, 2.24) is 14.7 Å². The van der Waals surface area contributed by atoms with Crippen molar-refractivity contribution in [3.05, 3.63) is 59.3 Å². The van der Waals surface area contributed by atoms with Crippen LogP contribution in [0.25, 0.3) is 16.8 Å². The van der Waals surface area contributed by atoms with E-state index in [1.54, 1.807) is 22.7 Å². The Morgan fingerprint density at radius 2 is 2.04 bits per heavy atom. The average Bonchev–Trinajstić information content (AvgIpc) is 3.31. The summed E-state index contributed by atoms with van der Waals surface area (Å²) in [4.78, 5) is 16.5. The van der Waals surface area contributed by atoms with E-state index in [1.807, 2.05) is 18.3 Å². The van der Waals surface area contributed by atoms with E-state index in [-0.39, 0.29) is 10.9 Å². The summed E-state index contributed by atoms with van der Waals surface area (Å²) in [6, 6.07) is 8.29. The quantitative estimate of drug-likeness (QED) is 0.780. The monoisotopic (exact) mass is 343 g/mol. The lowest BCUT2D eigenvalue weighted by molar-refractivity contribution is 0.0947. The standard InChI is InChI=1S/C18H15ClFN3O/c19-14-7-12(3-5-15(14)20)13-4-6-17-22-16(10-23(17)9-13)18(24)21-8-11-1-2-11/h3-7,9-11H,1-2,8H2,(H,21,24). The second kappa shape index (κ2) is 5.91. The number of pyridine rings is 1. The molecule has 1 fully saturated rings. The fourth-order valence-electron chi connectivity index (χ4n) is 2.60. The van der Waals surface area contributed by atoms with E-state index in [0.717, 1.165) is 11.1 Å². The molecule has 0 bridgehead atoms. The van der Waals surface area contributed by atoms with Crippen molar-refractivity contribution in [3.8, 4) is 11.1 Å². The Balaban J connectivity index is 1.62. The summed E-state index contributed by atoms with van der Waals surface area (Å²) in [5.74, 6) is 0.0246. The van der Waals surface area contributed by atoms with Gasteiger partial charge >= 0.3 is 0 Å². The Morgan fingerprint density at radius 3 is 2.79 bits per heavy atom. The number of halogens is 2.